The van der Waals surface area contributed by atoms with Crippen molar-refractivity contribution in [2.75, 3.05) is 10.6 Å². The van der Waals surface area contributed by atoms with Crippen molar-refractivity contribution in [3.63, 3.8) is 0 Å². The molecule has 1 aromatic rings. The Balaban J connectivity index is 1.74. The van der Waals surface area contributed by atoms with Crippen LogP contribution in [0.5, 0.6) is 0 Å². The van der Waals surface area contributed by atoms with Crippen molar-refractivity contribution < 1.29 is 9.59 Å². The van der Waals surface area contributed by atoms with Gasteiger partial charge < -0.3 is 5.73 Å². The molecular weight excluding hydrogens is 240 g/mol. The Kier molecular flexibility index (Phi) is 1.97. The van der Waals surface area contributed by atoms with Crippen LogP contribution in [-0.2, 0) is 9.59 Å². The number of anilines is 2. The third kappa shape index (κ3) is 1.28. The number of benzene rings is 1. The molecule has 96 valence electrons. The monoisotopic (exact) mass is 254 g/mol. The van der Waals surface area contributed by atoms with Gasteiger partial charge in [-0.25, -0.2) is 0 Å². The van der Waals surface area contributed by atoms with E-state index in [-0.39, 0.29) is 35.5 Å². The Hall–Kier alpha value is -2.10. The van der Waals surface area contributed by atoms with Crippen LogP contribution >= 0.6 is 0 Å². The summed E-state index contributed by atoms with van der Waals surface area (Å²) in [6.07, 6.45) is 5.16. The summed E-state index contributed by atoms with van der Waals surface area (Å²) in [6.45, 7) is 0. The Morgan fingerprint density at radius 1 is 0.947 bits per heavy atom. The van der Waals surface area contributed by atoms with Crippen LogP contribution in [0.4, 0.5) is 11.4 Å². The molecule has 2 bridgehead atoms. The highest BCUT2D eigenvalue weighted by molar-refractivity contribution is 6.22. The third-order valence-electron chi connectivity index (χ3n) is 4.62. The number of carbonyl (C=O) groups is 2. The van der Waals surface area contributed by atoms with Gasteiger partial charge >= 0.3 is 0 Å². The quantitative estimate of drug-likeness (QED) is 0.470. The topological polar surface area (TPSA) is 63.4 Å². The molecule has 4 heteroatoms. The molecule has 1 saturated carbocycles. The minimum Gasteiger partial charge on any atom is -0.399 e. The lowest BCUT2D eigenvalue weighted by atomic mass is 9.85. The average Bonchev–Trinajstić information content (AvgIpc) is 3.06. The molecule has 0 radical (unpaired) electrons. The molecule has 1 aliphatic heterocycles. The molecule has 0 aromatic heterocycles. The van der Waals surface area contributed by atoms with Gasteiger partial charge in [0.05, 0.1) is 17.5 Å². The highest BCUT2D eigenvalue weighted by Crippen LogP contribution is 2.53. The molecule has 4 nitrogen and oxygen atoms in total. The Morgan fingerprint density at radius 2 is 1.47 bits per heavy atom. The van der Waals surface area contributed by atoms with Crippen molar-refractivity contribution in [2.45, 2.75) is 6.42 Å². The zero-order valence-electron chi connectivity index (χ0n) is 10.3. The van der Waals surface area contributed by atoms with Gasteiger partial charge in [0.25, 0.3) is 0 Å². The molecule has 19 heavy (non-hydrogen) atoms. The number of carbonyl (C=O) groups excluding carboxylic acids is 2. The summed E-state index contributed by atoms with van der Waals surface area (Å²) in [7, 11) is 0. The average molecular weight is 254 g/mol. The Bertz CT molecular complexity index is 575. The fraction of sp³-hybridized carbons (Fsp3) is 0.333. The second-order valence-corrected chi connectivity index (χ2v) is 5.60. The zero-order chi connectivity index (χ0) is 13.1. The SMILES string of the molecule is Nc1ccc(N2C(=O)[C@@H]3[C@H](C2=O)[C@H]2C=C[C@@H]3C2)cc1. The van der Waals surface area contributed by atoms with E-state index in [2.05, 4.69) is 12.2 Å². The van der Waals surface area contributed by atoms with E-state index in [1.54, 1.807) is 24.3 Å². The second kappa shape index (κ2) is 3.47. The van der Waals surface area contributed by atoms with Gasteiger partial charge in [0.15, 0.2) is 0 Å². The normalized spacial score (nSPS) is 35.3. The molecule has 1 heterocycles. The van der Waals surface area contributed by atoms with Crippen molar-refractivity contribution >= 4 is 23.2 Å². The highest BCUT2D eigenvalue weighted by Gasteiger charge is 2.59. The van der Waals surface area contributed by atoms with Gasteiger partial charge in [-0.1, -0.05) is 12.2 Å². The second-order valence-electron chi connectivity index (χ2n) is 5.60. The molecule has 2 N–H and O–H groups in total. The number of hydrogen-bond acceptors (Lipinski definition) is 3. The number of imide groups is 1. The van der Waals surface area contributed by atoms with E-state index in [4.69, 9.17) is 5.73 Å². The minimum absolute atomic E-state index is 0.0448. The fourth-order valence-electron chi connectivity index (χ4n) is 3.78. The molecule has 2 aliphatic carbocycles. The lowest BCUT2D eigenvalue weighted by molar-refractivity contribution is -0.123. The van der Waals surface area contributed by atoms with Crippen LogP contribution in [0.2, 0.25) is 0 Å². The van der Waals surface area contributed by atoms with Gasteiger partial charge in [0.1, 0.15) is 0 Å². The first-order valence-electron chi connectivity index (χ1n) is 6.58. The van der Waals surface area contributed by atoms with Crippen LogP contribution in [0.1, 0.15) is 6.42 Å². The van der Waals surface area contributed by atoms with Gasteiger partial charge in [-0.3, -0.25) is 14.5 Å². The summed E-state index contributed by atoms with van der Waals surface area (Å²) < 4.78 is 0. The van der Waals surface area contributed by atoms with Gasteiger partial charge in [-0.2, -0.15) is 0 Å². The summed E-state index contributed by atoms with van der Waals surface area (Å²) in [5, 5.41) is 0. The maximum Gasteiger partial charge on any atom is 0.238 e. The van der Waals surface area contributed by atoms with Crippen LogP contribution in [0.3, 0.4) is 0 Å². The van der Waals surface area contributed by atoms with Gasteiger partial charge in [-0.15, -0.1) is 0 Å². The molecule has 4 rings (SSSR count). The van der Waals surface area contributed by atoms with E-state index in [1.807, 2.05) is 0 Å². The van der Waals surface area contributed by atoms with Crippen molar-refractivity contribution in [1.82, 2.24) is 0 Å². The van der Waals surface area contributed by atoms with Gasteiger partial charge in [-0.05, 0) is 42.5 Å². The van der Waals surface area contributed by atoms with Crippen LogP contribution in [0.25, 0.3) is 0 Å². The van der Waals surface area contributed by atoms with Crippen LogP contribution < -0.4 is 10.6 Å². The first-order valence-corrected chi connectivity index (χ1v) is 6.58. The van der Waals surface area contributed by atoms with Crippen molar-refractivity contribution in [2.24, 2.45) is 23.7 Å². The number of fused-ring (bicyclic) bond motifs is 5. The summed E-state index contributed by atoms with van der Waals surface area (Å²) >= 11 is 0. The molecule has 4 atom stereocenters. The lowest BCUT2D eigenvalue weighted by Gasteiger charge is -2.17. The highest BCUT2D eigenvalue weighted by atomic mass is 16.2. The van der Waals surface area contributed by atoms with Crippen molar-refractivity contribution in [3.8, 4) is 0 Å². The first-order chi connectivity index (χ1) is 9.16. The molecule has 0 unspecified atom stereocenters. The summed E-state index contributed by atoms with van der Waals surface area (Å²) in [4.78, 5) is 26.4. The van der Waals surface area contributed by atoms with E-state index in [0.717, 1.165) is 6.42 Å². The molecule has 2 amide bonds. The van der Waals surface area contributed by atoms with Gasteiger partial charge in [0, 0.05) is 5.69 Å². The minimum atomic E-state index is -0.139. The lowest BCUT2D eigenvalue weighted by Crippen LogP contribution is -2.32. The van der Waals surface area contributed by atoms with Crippen molar-refractivity contribution in [3.05, 3.63) is 36.4 Å². The fourth-order valence-corrected chi connectivity index (χ4v) is 3.78. The van der Waals surface area contributed by atoms with Crippen LogP contribution in [-0.4, -0.2) is 11.8 Å². The molecular formula is C15H14N2O2. The molecule has 1 aromatic carbocycles. The van der Waals surface area contributed by atoms with Gasteiger partial charge in [0.2, 0.25) is 11.8 Å². The summed E-state index contributed by atoms with van der Waals surface area (Å²) in [5.41, 5.74) is 6.91. The number of allylic oxidation sites excluding steroid dienone is 2. The van der Waals surface area contributed by atoms with Crippen molar-refractivity contribution in [1.29, 1.82) is 0 Å². The van der Waals surface area contributed by atoms with Crippen LogP contribution in [0, 0.1) is 23.7 Å². The Morgan fingerprint density at radius 3 is 2.00 bits per heavy atom. The molecule has 3 aliphatic rings. The zero-order valence-corrected chi connectivity index (χ0v) is 10.3. The number of hydrogen-bond donors (Lipinski definition) is 1. The Labute approximate surface area is 110 Å². The standard InChI is InChI=1S/C15H14N2O2/c16-10-3-5-11(6-4-10)17-14(18)12-8-1-2-9(7-8)13(12)15(17)19/h1-6,8-9,12-13H,7,16H2/t8-,9+,12+,13-. The number of nitrogen functional groups attached to an aromatic ring is 1. The van der Waals surface area contributed by atoms with E-state index < -0.39 is 0 Å². The predicted octanol–water partition coefficient (Wildman–Crippen LogP) is 1.58. The smallest absolute Gasteiger partial charge is 0.238 e. The van der Waals surface area contributed by atoms with E-state index in [1.165, 1.54) is 4.90 Å². The maximum absolute atomic E-state index is 12.5. The summed E-state index contributed by atoms with van der Waals surface area (Å²) in [6, 6.07) is 6.91. The van der Waals surface area contributed by atoms with E-state index in [0.29, 0.717) is 11.4 Å². The predicted molar refractivity (Wildman–Crippen MR) is 71.1 cm³/mol. The van der Waals surface area contributed by atoms with E-state index >= 15 is 0 Å². The first kappa shape index (κ1) is 10.8. The van der Waals surface area contributed by atoms with Crippen LogP contribution in [0.15, 0.2) is 36.4 Å². The number of amides is 2. The molecule has 1 saturated heterocycles. The molecule has 0 spiro atoms. The summed E-state index contributed by atoms with van der Waals surface area (Å²) in [5.74, 6) is 0.142. The largest absolute Gasteiger partial charge is 0.399 e. The van der Waals surface area contributed by atoms with E-state index in [9.17, 15) is 9.59 Å². The third-order valence-corrected chi connectivity index (χ3v) is 4.62. The maximum atomic E-state index is 12.5. The number of nitrogens with two attached hydrogens (primary N) is 1. The number of nitrogens with zero attached hydrogens (tertiary/aromatic N) is 1. The number of rotatable bonds is 1. The molecule has 2 fully saturated rings.